The molecule has 0 aliphatic carbocycles. The number of halogens is 1. The Morgan fingerprint density at radius 2 is 2.00 bits per heavy atom. The molecule has 4 heterocycles. The Hall–Kier alpha value is -4.23. The third-order valence-electron chi connectivity index (χ3n) is 4.97. The summed E-state index contributed by atoms with van der Waals surface area (Å²) >= 11 is 6.13. The van der Waals surface area contributed by atoms with Crippen molar-refractivity contribution < 1.29 is 4.74 Å². The zero-order valence-corrected chi connectivity index (χ0v) is 20.3. The smallest absolute Gasteiger partial charge is 0.222 e. The largest absolute Gasteiger partial charge is 0.477 e. The van der Waals surface area contributed by atoms with Crippen LogP contribution >= 0.6 is 11.6 Å². The molecule has 0 saturated heterocycles. The topological polar surface area (TPSA) is 130 Å². The summed E-state index contributed by atoms with van der Waals surface area (Å²) in [5, 5.41) is 8.08. The number of nitrogens with zero attached hydrogens (tertiary/aromatic N) is 7. The fraction of sp³-hybridized carbons (Fsp3) is 0.250. The maximum atomic E-state index is 6.13. The summed E-state index contributed by atoms with van der Waals surface area (Å²) in [7, 11) is 1.80. The van der Waals surface area contributed by atoms with Crippen molar-refractivity contribution in [2.24, 2.45) is 7.05 Å². The third-order valence-corrected chi connectivity index (χ3v) is 5.18. The Balaban J connectivity index is 1.41. The molecule has 0 aliphatic heterocycles. The average Bonchev–Trinajstić information content (AvgIpc) is 3.20. The standard InChI is InChI=1S/C24H24ClN9O/c1-15(7-9-35-24-19(14-31-34(24)3)23-27-8-6-22(26)33-23)32-20-10-21(25)30-12-17(20)4-5-18-13-28-16(2)11-29-18/h6,8,10-15H,7,9H2,1-3H3,(H,30,32)(H2,26,27,33)/t15-/m0/s1. The molecule has 0 aliphatic rings. The van der Waals surface area contributed by atoms with Gasteiger partial charge in [0.25, 0.3) is 0 Å². The van der Waals surface area contributed by atoms with Gasteiger partial charge in [-0.05, 0) is 31.9 Å². The van der Waals surface area contributed by atoms with Gasteiger partial charge in [-0.2, -0.15) is 5.10 Å². The summed E-state index contributed by atoms with van der Waals surface area (Å²) < 4.78 is 7.68. The minimum Gasteiger partial charge on any atom is -0.477 e. The second-order valence-electron chi connectivity index (χ2n) is 7.82. The van der Waals surface area contributed by atoms with Gasteiger partial charge in [-0.15, -0.1) is 0 Å². The predicted octanol–water partition coefficient (Wildman–Crippen LogP) is 3.28. The lowest BCUT2D eigenvalue weighted by Gasteiger charge is -2.17. The van der Waals surface area contributed by atoms with Crippen molar-refractivity contribution in [3.8, 4) is 29.1 Å². The molecule has 0 unspecified atom stereocenters. The number of rotatable bonds is 7. The van der Waals surface area contributed by atoms with E-state index < -0.39 is 0 Å². The number of aromatic nitrogens is 7. The summed E-state index contributed by atoms with van der Waals surface area (Å²) in [6.07, 6.45) is 8.91. The van der Waals surface area contributed by atoms with E-state index in [1.165, 1.54) is 0 Å². The van der Waals surface area contributed by atoms with Crippen molar-refractivity contribution in [2.75, 3.05) is 17.7 Å². The Bertz CT molecular complexity index is 1380. The number of aryl methyl sites for hydroxylation is 2. The second-order valence-corrected chi connectivity index (χ2v) is 8.21. The zero-order valence-electron chi connectivity index (χ0n) is 19.5. The van der Waals surface area contributed by atoms with Gasteiger partial charge in [0, 0.05) is 38.1 Å². The summed E-state index contributed by atoms with van der Waals surface area (Å²) in [6.45, 7) is 4.36. The Morgan fingerprint density at radius 3 is 2.77 bits per heavy atom. The number of hydrogen-bond acceptors (Lipinski definition) is 9. The molecule has 4 rings (SSSR count). The van der Waals surface area contributed by atoms with E-state index in [1.807, 2.05) is 13.8 Å². The van der Waals surface area contributed by atoms with Gasteiger partial charge < -0.3 is 15.8 Å². The van der Waals surface area contributed by atoms with Crippen LogP contribution in [0.2, 0.25) is 5.15 Å². The maximum Gasteiger partial charge on any atom is 0.222 e. The maximum absolute atomic E-state index is 6.13. The van der Waals surface area contributed by atoms with Crippen LogP contribution in [0.25, 0.3) is 11.4 Å². The van der Waals surface area contributed by atoms with Crippen LogP contribution < -0.4 is 15.8 Å². The van der Waals surface area contributed by atoms with Crippen LogP contribution in [0.1, 0.15) is 30.3 Å². The van der Waals surface area contributed by atoms with Gasteiger partial charge in [0.15, 0.2) is 5.82 Å². The first-order valence-corrected chi connectivity index (χ1v) is 11.2. The molecule has 0 spiro atoms. The van der Waals surface area contributed by atoms with Crippen LogP contribution in [0.5, 0.6) is 5.88 Å². The molecule has 178 valence electrons. The molecule has 3 N–H and O–H groups in total. The highest BCUT2D eigenvalue weighted by Crippen LogP contribution is 2.27. The van der Waals surface area contributed by atoms with E-state index in [-0.39, 0.29) is 6.04 Å². The Kier molecular flexibility index (Phi) is 7.38. The molecule has 0 aromatic carbocycles. The first-order valence-electron chi connectivity index (χ1n) is 10.9. The van der Waals surface area contributed by atoms with Crippen molar-refractivity contribution in [3.05, 3.63) is 65.2 Å². The predicted molar refractivity (Wildman–Crippen MR) is 134 cm³/mol. The lowest BCUT2D eigenvalue weighted by molar-refractivity contribution is 0.280. The molecule has 4 aromatic rings. The number of hydrogen-bond donors (Lipinski definition) is 2. The summed E-state index contributed by atoms with van der Waals surface area (Å²) in [4.78, 5) is 21.2. The van der Waals surface area contributed by atoms with Crippen LogP contribution in [-0.4, -0.2) is 47.3 Å². The second kappa shape index (κ2) is 10.8. The number of nitrogens with one attached hydrogen (secondary N) is 1. The number of nitrogen functional groups attached to an aromatic ring is 1. The van der Waals surface area contributed by atoms with Gasteiger partial charge in [0.1, 0.15) is 22.2 Å². The highest BCUT2D eigenvalue weighted by atomic mass is 35.5. The molecule has 0 saturated carbocycles. The van der Waals surface area contributed by atoms with Gasteiger partial charge >= 0.3 is 0 Å². The quantitative estimate of drug-likeness (QED) is 0.296. The molecule has 0 fully saturated rings. The average molecular weight is 490 g/mol. The van der Waals surface area contributed by atoms with E-state index in [0.717, 1.165) is 11.4 Å². The monoisotopic (exact) mass is 489 g/mol. The van der Waals surface area contributed by atoms with E-state index in [9.17, 15) is 0 Å². The van der Waals surface area contributed by atoms with E-state index in [0.29, 0.717) is 52.5 Å². The Morgan fingerprint density at radius 1 is 1.14 bits per heavy atom. The molecular weight excluding hydrogens is 466 g/mol. The molecule has 0 radical (unpaired) electrons. The highest BCUT2D eigenvalue weighted by molar-refractivity contribution is 6.29. The van der Waals surface area contributed by atoms with Gasteiger partial charge in [0.05, 0.1) is 35.9 Å². The first kappa shape index (κ1) is 23.9. The summed E-state index contributed by atoms with van der Waals surface area (Å²) in [6, 6.07) is 3.43. The number of ether oxygens (including phenoxy) is 1. The molecule has 0 amide bonds. The molecule has 11 heteroatoms. The van der Waals surface area contributed by atoms with Gasteiger partial charge in [0.2, 0.25) is 5.88 Å². The van der Waals surface area contributed by atoms with Crippen molar-refractivity contribution in [1.29, 1.82) is 0 Å². The molecule has 10 nitrogen and oxygen atoms in total. The van der Waals surface area contributed by atoms with Crippen LogP contribution in [0.3, 0.4) is 0 Å². The Labute approximate surface area is 208 Å². The first-order chi connectivity index (χ1) is 16.9. The molecule has 4 aromatic heterocycles. The molecule has 35 heavy (non-hydrogen) atoms. The molecule has 0 bridgehead atoms. The number of nitrogens with two attached hydrogens (primary N) is 1. The normalized spacial score (nSPS) is 11.4. The van der Waals surface area contributed by atoms with E-state index in [1.54, 1.807) is 54.8 Å². The van der Waals surface area contributed by atoms with E-state index in [2.05, 4.69) is 47.2 Å². The fourth-order valence-corrected chi connectivity index (χ4v) is 3.32. The molecular formula is C24H24ClN9O. The van der Waals surface area contributed by atoms with Crippen LogP contribution in [0.15, 0.2) is 43.1 Å². The van der Waals surface area contributed by atoms with Gasteiger partial charge in [-0.1, -0.05) is 17.5 Å². The number of anilines is 2. The molecule has 1 atom stereocenters. The number of pyridine rings is 1. The van der Waals surface area contributed by atoms with Crippen LogP contribution in [0.4, 0.5) is 11.5 Å². The lowest BCUT2D eigenvalue weighted by atomic mass is 10.2. The fourth-order valence-electron chi connectivity index (χ4n) is 3.16. The van der Waals surface area contributed by atoms with Crippen molar-refractivity contribution >= 4 is 23.1 Å². The van der Waals surface area contributed by atoms with E-state index in [4.69, 9.17) is 22.1 Å². The zero-order chi connectivity index (χ0) is 24.8. The van der Waals surface area contributed by atoms with Crippen LogP contribution in [0, 0.1) is 18.8 Å². The summed E-state index contributed by atoms with van der Waals surface area (Å²) in [5.41, 5.74) is 9.37. The van der Waals surface area contributed by atoms with Crippen molar-refractivity contribution in [2.45, 2.75) is 26.3 Å². The van der Waals surface area contributed by atoms with E-state index >= 15 is 0 Å². The summed E-state index contributed by atoms with van der Waals surface area (Å²) in [5.74, 6) is 7.52. The van der Waals surface area contributed by atoms with Gasteiger partial charge in [-0.3, -0.25) is 4.98 Å². The minimum atomic E-state index is 0.0495. The highest BCUT2D eigenvalue weighted by Gasteiger charge is 2.16. The van der Waals surface area contributed by atoms with Crippen LogP contribution in [-0.2, 0) is 7.05 Å². The lowest BCUT2D eigenvalue weighted by Crippen LogP contribution is -2.19. The SMILES string of the molecule is Cc1cnc(C#Cc2cnc(Cl)cc2N[C@@H](C)CCOc2c(-c3nccc(N)n3)cnn2C)cn1. The minimum absolute atomic E-state index is 0.0495. The van der Waals surface area contributed by atoms with Crippen molar-refractivity contribution in [1.82, 2.24) is 34.7 Å². The van der Waals surface area contributed by atoms with Gasteiger partial charge in [-0.25, -0.2) is 24.6 Å². The third kappa shape index (κ3) is 6.22. The van der Waals surface area contributed by atoms with Crippen molar-refractivity contribution in [3.63, 3.8) is 0 Å².